The summed E-state index contributed by atoms with van der Waals surface area (Å²) in [4.78, 5) is 25.9. The minimum atomic E-state index is -0.516. The summed E-state index contributed by atoms with van der Waals surface area (Å²) < 4.78 is 20.4. The highest BCUT2D eigenvalue weighted by molar-refractivity contribution is 5.88. The maximum absolute atomic E-state index is 12.8. The maximum atomic E-state index is 12.8. The summed E-state index contributed by atoms with van der Waals surface area (Å²) in [5.74, 6) is 0.564. The number of hydrogen-bond donors (Lipinski definition) is 1. The average molecular weight is 604 g/mol. The molecule has 3 aliphatic heterocycles. The summed E-state index contributed by atoms with van der Waals surface area (Å²) >= 11 is 0. The second-order valence-electron chi connectivity index (χ2n) is 13.4. The van der Waals surface area contributed by atoms with Crippen molar-refractivity contribution < 1.29 is 19.0 Å². The standard InChI is InChI=1S/C33H45N7O4/c1-32(2,3)44-31(41)39-14-9-13-33(21-39)17-27(33)43-28-11-8-10-24(36-28)30-23-16-25(22(18-34)19-35-4)38(5)20-26(23)40(37-30)29-12-6-7-15-42-29/h8,10-11,16,18-19,27,29H,6-7,9,12-15,17,20-21,34H2,1-5H3. The molecule has 2 N–H and O–H groups in total. The molecule has 2 saturated heterocycles. The molecule has 0 bridgehead atoms. The maximum Gasteiger partial charge on any atom is 0.410 e. The number of fused-ring (bicyclic) bond motifs is 1. The SMILES string of the molecule is CN=CC(=CN)C1=Cc2c(-c3cccc(OC4CC45CCCN(C(=O)OC(C)(C)C)C5)n3)nn(C3CCCCO3)c2CN1C. The number of pyridine rings is 1. The summed E-state index contributed by atoms with van der Waals surface area (Å²) in [6, 6.07) is 5.85. The third-order valence-electron chi connectivity index (χ3n) is 8.91. The van der Waals surface area contributed by atoms with E-state index >= 15 is 0 Å². The Hall–Kier alpha value is -3.86. The van der Waals surface area contributed by atoms with E-state index in [4.69, 9.17) is 30.0 Å². The molecule has 11 nitrogen and oxygen atoms in total. The summed E-state index contributed by atoms with van der Waals surface area (Å²) in [6.07, 6.45) is 11.1. The van der Waals surface area contributed by atoms with Crippen molar-refractivity contribution in [3.8, 4) is 17.3 Å². The number of aliphatic imine (C=N–C) groups is 1. The second-order valence-corrected chi connectivity index (χ2v) is 13.4. The molecule has 1 spiro atoms. The number of rotatable bonds is 6. The van der Waals surface area contributed by atoms with E-state index in [1.807, 2.05) is 55.6 Å². The topological polar surface area (TPSA) is 120 Å². The van der Waals surface area contributed by atoms with Crippen LogP contribution in [0.3, 0.4) is 0 Å². The molecule has 0 aromatic carbocycles. The molecule has 1 amide bonds. The molecular weight excluding hydrogens is 558 g/mol. The van der Waals surface area contributed by atoms with Crippen LogP contribution < -0.4 is 10.5 Å². The molecule has 6 rings (SSSR count). The number of allylic oxidation sites excluding steroid dienone is 1. The fourth-order valence-corrected chi connectivity index (χ4v) is 6.64. The second kappa shape index (κ2) is 11.9. The van der Waals surface area contributed by atoms with Crippen LogP contribution in [-0.4, -0.2) is 82.4 Å². The molecule has 2 aromatic heterocycles. The molecule has 1 aliphatic carbocycles. The molecule has 44 heavy (non-hydrogen) atoms. The highest BCUT2D eigenvalue weighted by atomic mass is 16.6. The van der Waals surface area contributed by atoms with E-state index in [1.165, 1.54) is 0 Å². The average Bonchev–Trinajstić information content (AvgIpc) is 3.49. The van der Waals surface area contributed by atoms with Gasteiger partial charge < -0.3 is 29.7 Å². The van der Waals surface area contributed by atoms with Crippen LogP contribution in [0.25, 0.3) is 17.5 Å². The van der Waals surface area contributed by atoms with Gasteiger partial charge in [-0.25, -0.2) is 14.5 Å². The predicted octanol–water partition coefficient (Wildman–Crippen LogP) is 5.14. The van der Waals surface area contributed by atoms with Gasteiger partial charge in [-0.15, -0.1) is 0 Å². The molecular formula is C33H45N7O4. The highest BCUT2D eigenvalue weighted by Gasteiger charge is 2.59. The normalized spacial score (nSPS) is 25.7. The number of likely N-dealkylation sites (N-methyl/N-ethyl adjacent to an activating group) is 1. The lowest BCUT2D eigenvalue weighted by Crippen LogP contribution is -2.44. The van der Waals surface area contributed by atoms with Crippen molar-refractivity contribution in [2.75, 3.05) is 33.8 Å². The van der Waals surface area contributed by atoms with E-state index in [2.05, 4.69) is 16.0 Å². The van der Waals surface area contributed by atoms with Gasteiger partial charge in [0.15, 0.2) is 6.23 Å². The van der Waals surface area contributed by atoms with E-state index in [-0.39, 0.29) is 23.8 Å². The van der Waals surface area contributed by atoms with Gasteiger partial charge in [0.25, 0.3) is 0 Å². The van der Waals surface area contributed by atoms with Crippen LogP contribution in [0.2, 0.25) is 0 Å². The van der Waals surface area contributed by atoms with Gasteiger partial charge in [0.2, 0.25) is 5.88 Å². The number of nitrogens with two attached hydrogens (primary N) is 1. The van der Waals surface area contributed by atoms with Crippen LogP contribution in [0, 0.1) is 5.41 Å². The summed E-state index contributed by atoms with van der Waals surface area (Å²) in [5, 5.41) is 5.12. The molecule has 3 fully saturated rings. The number of ether oxygens (including phenoxy) is 3. The number of amides is 1. The van der Waals surface area contributed by atoms with Crippen LogP contribution in [0.5, 0.6) is 5.88 Å². The van der Waals surface area contributed by atoms with E-state index in [0.717, 1.165) is 79.0 Å². The lowest BCUT2D eigenvalue weighted by molar-refractivity contribution is -0.0416. The van der Waals surface area contributed by atoms with Crippen LogP contribution in [0.15, 0.2) is 40.7 Å². The van der Waals surface area contributed by atoms with Crippen LogP contribution in [-0.2, 0) is 16.0 Å². The zero-order chi connectivity index (χ0) is 31.1. The van der Waals surface area contributed by atoms with Crippen molar-refractivity contribution in [1.29, 1.82) is 0 Å². The summed E-state index contributed by atoms with van der Waals surface area (Å²) in [5.41, 5.74) is 10.9. The zero-order valence-corrected chi connectivity index (χ0v) is 26.6. The van der Waals surface area contributed by atoms with Gasteiger partial charge in [-0.3, -0.25) is 4.99 Å². The van der Waals surface area contributed by atoms with Crippen molar-refractivity contribution in [2.24, 2.45) is 16.1 Å². The fraction of sp³-hybridized carbons (Fsp3) is 0.576. The van der Waals surface area contributed by atoms with E-state index < -0.39 is 5.60 Å². The van der Waals surface area contributed by atoms with Gasteiger partial charge in [0.1, 0.15) is 17.4 Å². The van der Waals surface area contributed by atoms with Crippen LogP contribution >= 0.6 is 0 Å². The molecule has 1 saturated carbocycles. The molecule has 3 unspecified atom stereocenters. The van der Waals surface area contributed by atoms with Gasteiger partial charge in [0, 0.05) is 74.5 Å². The Bertz CT molecular complexity index is 1480. The summed E-state index contributed by atoms with van der Waals surface area (Å²) in [7, 11) is 3.79. The van der Waals surface area contributed by atoms with Crippen molar-refractivity contribution in [3.63, 3.8) is 0 Å². The lowest BCUT2D eigenvalue weighted by Gasteiger charge is -2.34. The van der Waals surface area contributed by atoms with Crippen molar-refractivity contribution in [3.05, 3.63) is 46.9 Å². The first-order valence-corrected chi connectivity index (χ1v) is 15.7. The smallest absolute Gasteiger partial charge is 0.410 e. The molecule has 3 atom stereocenters. The summed E-state index contributed by atoms with van der Waals surface area (Å²) in [6.45, 7) is 8.44. The van der Waals surface area contributed by atoms with Gasteiger partial charge in [-0.05, 0) is 71.4 Å². The van der Waals surface area contributed by atoms with E-state index in [0.29, 0.717) is 25.5 Å². The Morgan fingerprint density at radius 1 is 1.25 bits per heavy atom. The largest absolute Gasteiger partial charge is 0.474 e. The first kappa shape index (κ1) is 30.2. The Balaban J connectivity index is 1.27. The first-order valence-electron chi connectivity index (χ1n) is 15.7. The quantitative estimate of drug-likeness (QED) is 0.451. The van der Waals surface area contributed by atoms with Gasteiger partial charge in [0.05, 0.1) is 17.9 Å². The minimum Gasteiger partial charge on any atom is -0.474 e. The Labute approximate surface area is 259 Å². The predicted molar refractivity (Wildman–Crippen MR) is 169 cm³/mol. The Kier molecular flexibility index (Phi) is 8.17. The number of piperidine rings is 1. The first-order chi connectivity index (χ1) is 21.1. The molecule has 2 aromatic rings. The number of likely N-dealkylation sites (tertiary alicyclic amines) is 1. The van der Waals surface area contributed by atoms with E-state index in [1.54, 1.807) is 19.5 Å². The Morgan fingerprint density at radius 3 is 2.82 bits per heavy atom. The van der Waals surface area contributed by atoms with Crippen LogP contribution in [0.4, 0.5) is 4.79 Å². The number of nitrogens with zero attached hydrogens (tertiary/aromatic N) is 6. The highest BCUT2D eigenvalue weighted by Crippen LogP contribution is 2.54. The monoisotopic (exact) mass is 603 g/mol. The van der Waals surface area contributed by atoms with Crippen molar-refractivity contribution in [2.45, 2.75) is 83.8 Å². The molecule has 5 heterocycles. The number of carbonyl (C=O) groups excluding carboxylic acids is 1. The van der Waals surface area contributed by atoms with E-state index in [9.17, 15) is 4.79 Å². The number of hydrogen-bond acceptors (Lipinski definition) is 9. The minimum absolute atomic E-state index is 0.00308. The fourth-order valence-electron chi connectivity index (χ4n) is 6.64. The van der Waals surface area contributed by atoms with Crippen molar-refractivity contribution >= 4 is 18.4 Å². The number of aromatic nitrogens is 3. The molecule has 4 aliphatic rings. The van der Waals surface area contributed by atoms with Gasteiger partial charge in [-0.2, -0.15) is 5.10 Å². The zero-order valence-electron chi connectivity index (χ0n) is 26.6. The van der Waals surface area contributed by atoms with Crippen LogP contribution in [0.1, 0.15) is 76.8 Å². The number of carbonyl (C=O) groups is 1. The molecule has 0 radical (unpaired) electrons. The lowest BCUT2D eigenvalue weighted by atomic mass is 9.95. The van der Waals surface area contributed by atoms with Gasteiger partial charge in [-0.1, -0.05) is 6.07 Å². The third kappa shape index (κ3) is 6.06. The molecule has 236 valence electrons. The third-order valence-corrected chi connectivity index (χ3v) is 8.91. The van der Waals surface area contributed by atoms with Gasteiger partial charge >= 0.3 is 6.09 Å². The molecule has 11 heteroatoms. The Morgan fingerprint density at radius 2 is 2.09 bits per heavy atom. The van der Waals surface area contributed by atoms with Crippen molar-refractivity contribution in [1.82, 2.24) is 24.6 Å².